The van der Waals surface area contributed by atoms with Gasteiger partial charge in [-0.2, -0.15) is 0 Å². The van der Waals surface area contributed by atoms with Crippen molar-refractivity contribution in [2.24, 2.45) is 0 Å². The summed E-state index contributed by atoms with van der Waals surface area (Å²) in [4.78, 5) is 11.6. The Kier molecular flexibility index (Phi) is 6.20. The topological polar surface area (TPSA) is 84.6 Å². The second kappa shape index (κ2) is 8.60. The Hall–Kier alpha value is -2.79. The third kappa shape index (κ3) is 5.48. The number of benzene rings is 2. The van der Waals surface area contributed by atoms with Crippen molar-refractivity contribution in [1.29, 1.82) is 0 Å². The van der Waals surface area contributed by atoms with Crippen molar-refractivity contribution in [3.05, 3.63) is 71.3 Å². The molecule has 0 aliphatic carbocycles. The minimum Gasteiger partial charge on any atom is -0.445 e. The van der Waals surface area contributed by atoms with Crippen molar-refractivity contribution in [1.82, 2.24) is 5.32 Å². The number of nitrogens with one attached hydrogen (secondary N) is 1. The SMILES string of the molecule is Nc1ccc(C=CCNC(=O)OCc2ccccc2)cc1CO. The molecule has 0 bridgehead atoms. The molecule has 5 nitrogen and oxygen atoms in total. The van der Waals surface area contributed by atoms with E-state index in [1.54, 1.807) is 18.2 Å². The number of hydrogen-bond acceptors (Lipinski definition) is 4. The van der Waals surface area contributed by atoms with E-state index >= 15 is 0 Å². The van der Waals surface area contributed by atoms with E-state index < -0.39 is 6.09 Å². The summed E-state index contributed by atoms with van der Waals surface area (Å²) in [7, 11) is 0. The number of nitrogens with two attached hydrogens (primary N) is 1. The van der Waals surface area contributed by atoms with Crippen molar-refractivity contribution in [2.75, 3.05) is 12.3 Å². The van der Waals surface area contributed by atoms with Gasteiger partial charge in [-0.1, -0.05) is 48.6 Å². The van der Waals surface area contributed by atoms with Crippen LogP contribution in [0, 0.1) is 0 Å². The maximum Gasteiger partial charge on any atom is 0.407 e. The van der Waals surface area contributed by atoms with Crippen LogP contribution in [0.25, 0.3) is 6.08 Å². The van der Waals surface area contributed by atoms with E-state index in [0.29, 0.717) is 17.8 Å². The molecule has 120 valence electrons. The van der Waals surface area contributed by atoms with E-state index in [1.165, 1.54) is 0 Å². The highest BCUT2D eigenvalue weighted by molar-refractivity contribution is 5.67. The van der Waals surface area contributed by atoms with Crippen molar-refractivity contribution in [2.45, 2.75) is 13.2 Å². The van der Waals surface area contributed by atoms with Crippen LogP contribution >= 0.6 is 0 Å². The molecule has 2 aromatic rings. The largest absolute Gasteiger partial charge is 0.445 e. The summed E-state index contributed by atoms with van der Waals surface area (Å²) in [5.41, 5.74) is 8.81. The Balaban J connectivity index is 1.74. The number of nitrogen functional groups attached to an aromatic ring is 1. The molecule has 0 fully saturated rings. The second-order valence-corrected chi connectivity index (χ2v) is 4.96. The number of carbonyl (C=O) groups excluding carboxylic acids is 1. The van der Waals surface area contributed by atoms with Crippen LogP contribution in [0.15, 0.2) is 54.6 Å². The van der Waals surface area contributed by atoms with E-state index in [2.05, 4.69) is 5.32 Å². The maximum atomic E-state index is 11.6. The molecule has 23 heavy (non-hydrogen) atoms. The fourth-order valence-electron chi connectivity index (χ4n) is 1.98. The van der Waals surface area contributed by atoms with Crippen LogP contribution in [-0.2, 0) is 18.0 Å². The number of rotatable bonds is 6. The summed E-state index contributed by atoms with van der Waals surface area (Å²) < 4.78 is 5.10. The van der Waals surface area contributed by atoms with Crippen LogP contribution in [0.3, 0.4) is 0 Å². The average molecular weight is 312 g/mol. The zero-order valence-corrected chi connectivity index (χ0v) is 12.7. The van der Waals surface area contributed by atoms with Gasteiger partial charge in [-0.25, -0.2) is 4.79 Å². The number of aliphatic hydroxyl groups is 1. The van der Waals surface area contributed by atoms with Crippen LogP contribution < -0.4 is 11.1 Å². The summed E-state index contributed by atoms with van der Waals surface area (Å²) in [6.45, 7) is 0.498. The summed E-state index contributed by atoms with van der Waals surface area (Å²) in [5, 5.41) is 11.8. The zero-order chi connectivity index (χ0) is 16.5. The number of ether oxygens (including phenoxy) is 1. The molecule has 0 heterocycles. The van der Waals surface area contributed by atoms with Crippen molar-refractivity contribution in [3.63, 3.8) is 0 Å². The van der Waals surface area contributed by atoms with Crippen molar-refractivity contribution >= 4 is 17.9 Å². The van der Waals surface area contributed by atoms with Crippen LogP contribution in [0.5, 0.6) is 0 Å². The molecule has 0 aromatic heterocycles. The van der Waals surface area contributed by atoms with Gasteiger partial charge in [0.25, 0.3) is 0 Å². The third-order valence-electron chi connectivity index (χ3n) is 3.22. The van der Waals surface area contributed by atoms with Crippen LogP contribution in [0.2, 0.25) is 0 Å². The average Bonchev–Trinajstić information content (AvgIpc) is 2.59. The first-order chi connectivity index (χ1) is 11.2. The van der Waals surface area contributed by atoms with Gasteiger partial charge >= 0.3 is 6.09 Å². The van der Waals surface area contributed by atoms with Gasteiger partial charge < -0.3 is 20.9 Å². The van der Waals surface area contributed by atoms with Gasteiger partial charge in [0.05, 0.1) is 6.61 Å². The van der Waals surface area contributed by atoms with Gasteiger partial charge in [0, 0.05) is 17.8 Å². The Morgan fingerprint density at radius 1 is 1.22 bits per heavy atom. The molecule has 0 radical (unpaired) electrons. The minimum absolute atomic E-state index is 0.0996. The lowest BCUT2D eigenvalue weighted by atomic mass is 10.1. The van der Waals surface area contributed by atoms with E-state index in [9.17, 15) is 4.79 Å². The predicted octanol–water partition coefficient (Wildman–Crippen LogP) is 2.70. The highest BCUT2D eigenvalue weighted by Gasteiger charge is 2.01. The molecule has 0 saturated heterocycles. The van der Waals surface area contributed by atoms with E-state index in [0.717, 1.165) is 11.1 Å². The number of hydrogen-bond donors (Lipinski definition) is 3. The summed E-state index contributed by atoms with van der Waals surface area (Å²) in [6, 6.07) is 14.9. The number of anilines is 1. The summed E-state index contributed by atoms with van der Waals surface area (Å²) in [6.07, 6.45) is 3.18. The molecule has 0 aliphatic heterocycles. The smallest absolute Gasteiger partial charge is 0.407 e. The molecular formula is C18H20N2O3. The number of carbonyl (C=O) groups is 1. The fraction of sp³-hybridized carbons (Fsp3) is 0.167. The number of amides is 1. The maximum absolute atomic E-state index is 11.6. The van der Waals surface area contributed by atoms with E-state index in [1.807, 2.05) is 42.5 Å². The highest BCUT2D eigenvalue weighted by atomic mass is 16.5. The van der Waals surface area contributed by atoms with Gasteiger partial charge in [-0.05, 0) is 23.3 Å². The van der Waals surface area contributed by atoms with Gasteiger partial charge in [-0.3, -0.25) is 0 Å². The van der Waals surface area contributed by atoms with Gasteiger partial charge in [0.15, 0.2) is 0 Å². The first-order valence-electron chi connectivity index (χ1n) is 7.29. The molecule has 5 heteroatoms. The summed E-state index contributed by atoms with van der Waals surface area (Å²) in [5.74, 6) is 0. The zero-order valence-electron chi connectivity index (χ0n) is 12.7. The Morgan fingerprint density at radius 3 is 2.74 bits per heavy atom. The second-order valence-electron chi connectivity index (χ2n) is 4.96. The fourth-order valence-corrected chi connectivity index (χ4v) is 1.98. The Morgan fingerprint density at radius 2 is 2.00 bits per heavy atom. The Bertz CT molecular complexity index is 669. The first-order valence-corrected chi connectivity index (χ1v) is 7.29. The molecule has 2 aromatic carbocycles. The molecule has 1 amide bonds. The Labute approximate surface area is 135 Å². The van der Waals surface area contributed by atoms with Crippen LogP contribution in [0.1, 0.15) is 16.7 Å². The lowest BCUT2D eigenvalue weighted by Gasteiger charge is -2.05. The van der Waals surface area contributed by atoms with Crippen LogP contribution in [0.4, 0.5) is 10.5 Å². The van der Waals surface area contributed by atoms with Crippen molar-refractivity contribution in [3.8, 4) is 0 Å². The first kappa shape index (κ1) is 16.6. The molecule has 0 aliphatic rings. The molecule has 0 saturated carbocycles. The van der Waals surface area contributed by atoms with Gasteiger partial charge in [-0.15, -0.1) is 0 Å². The molecule has 4 N–H and O–H groups in total. The lowest BCUT2D eigenvalue weighted by Crippen LogP contribution is -2.24. The molecular weight excluding hydrogens is 292 g/mol. The minimum atomic E-state index is -0.466. The highest BCUT2D eigenvalue weighted by Crippen LogP contribution is 2.14. The lowest BCUT2D eigenvalue weighted by molar-refractivity contribution is 0.141. The molecule has 2 rings (SSSR count). The predicted molar refractivity (Wildman–Crippen MR) is 90.4 cm³/mol. The standard InChI is InChI=1S/C18H20N2O3/c19-17-9-8-14(11-16(17)12-21)7-4-10-20-18(22)23-13-15-5-2-1-3-6-15/h1-9,11,21H,10,12-13,19H2,(H,20,22). The third-order valence-corrected chi connectivity index (χ3v) is 3.22. The molecule has 0 unspecified atom stereocenters. The van der Waals surface area contributed by atoms with E-state index in [-0.39, 0.29) is 13.2 Å². The summed E-state index contributed by atoms with van der Waals surface area (Å²) >= 11 is 0. The van der Waals surface area contributed by atoms with E-state index in [4.69, 9.17) is 15.6 Å². The van der Waals surface area contributed by atoms with Crippen molar-refractivity contribution < 1.29 is 14.6 Å². The molecule has 0 atom stereocenters. The van der Waals surface area contributed by atoms with Crippen LogP contribution in [-0.4, -0.2) is 17.7 Å². The monoisotopic (exact) mass is 312 g/mol. The number of aliphatic hydroxyl groups excluding tert-OH is 1. The quantitative estimate of drug-likeness (QED) is 0.716. The molecule has 0 spiro atoms. The van der Waals surface area contributed by atoms with Gasteiger partial charge in [0.2, 0.25) is 0 Å². The van der Waals surface area contributed by atoms with Gasteiger partial charge in [0.1, 0.15) is 6.61 Å². The number of alkyl carbamates (subject to hydrolysis) is 1. The normalized spacial score (nSPS) is 10.7.